The lowest BCUT2D eigenvalue weighted by Crippen LogP contribution is -2.32. The zero-order chi connectivity index (χ0) is 16.5. The number of rotatable bonds is 3. The molecule has 0 radical (unpaired) electrons. The number of nitrogens with zero attached hydrogens (tertiary/aromatic N) is 1. The van der Waals surface area contributed by atoms with E-state index in [1.54, 1.807) is 12.1 Å². The fourth-order valence-electron chi connectivity index (χ4n) is 3.78. The second-order valence-electron chi connectivity index (χ2n) is 6.55. The van der Waals surface area contributed by atoms with E-state index in [1.165, 1.54) is 22.5 Å². The lowest BCUT2D eigenvalue weighted by Gasteiger charge is -2.32. The Kier molecular flexibility index (Phi) is 4.30. The topological polar surface area (TPSA) is 19.0 Å². The van der Waals surface area contributed by atoms with Gasteiger partial charge >= 0.3 is 0 Å². The largest absolute Gasteiger partial charge is 0.361 e. The molecule has 4 heteroatoms. The van der Waals surface area contributed by atoms with Crippen molar-refractivity contribution in [2.75, 3.05) is 13.1 Å². The molecule has 1 aliphatic heterocycles. The van der Waals surface area contributed by atoms with Gasteiger partial charge in [-0.15, -0.1) is 0 Å². The Balaban J connectivity index is 1.45. The van der Waals surface area contributed by atoms with Gasteiger partial charge in [-0.05, 0) is 55.6 Å². The third-order valence-corrected chi connectivity index (χ3v) is 5.39. The van der Waals surface area contributed by atoms with E-state index in [9.17, 15) is 4.39 Å². The predicted octanol–water partition coefficient (Wildman–Crippen LogP) is 5.34. The maximum atomic E-state index is 14.1. The molecule has 0 saturated carbocycles. The second-order valence-corrected chi connectivity index (χ2v) is 6.95. The molecule has 2 aromatic carbocycles. The van der Waals surface area contributed by atoms with Crippen LogP contribution in [-0.4, -0.2) is 23.0 Å². The molecule has 0 spiro atoms. The number of para-hydroxylation sites is 1. The summed E-state index contributed by atoms with van der Waals surface area (Å²) in [7, 11) is 0. The highest BCUT2D eigenvalue weighted by Crippen LogP contribution is 2.35. The highest BCUT2D eigenvalue weighted by molar-refractivity contribution is 6.31. The molecule has 124 valence electrons. The molecule has 0 atom stereocenters. The zero-order valence-electron chi connectivity index (χ0n) is 13.4. The fourth-order valence-corrected chi connectivity index (χ4v) is 4.10. The van der Waals surface area contributed by atoms with Crippen molar-refractivity contribution in [3.05, 3.63) is 70.6 Å². The number of nitrogens with one attached hydrogen (secondary N) is 1. The maximum Gasteiger partial charge on any atom is 0.128 e. The highest BCUT2D eigenvalue weighted by atomic mass is 35.5. The van der Waals surface area contributed by atoms with E-state index in [2.05, 4.69) is 34.3 Å². The van der Waals surface area contributed by atoms with Gasteiger partial charge in [0.25, 0.3) is 0 Å². The molecule has 1 aliphatic rings. The van der Waals surface area contributed by atoms with Crippen LogP contribution < -0.4 is 0 Å². The lowest BCUT2D eigenvalue weighted by molar-refractivity contribution is 0.204. The van der Waals surface area contributed by atoms with Gasteiger partial charge in [0.1, 0.15) is 5.82 Å². The summed E-state index contributed by atoms with van der Waals surface area (Å²) in [5.41, 5.74) is 3.21. The molecule has 2 nitrogen and oxygen atoms in total. The van der Waals surface area contributed by atoms with Crippen molar-refractivity contribution in [1.82, 2.24) is 9.88 Å². The minimum Gasteiger partial charge on any atom is -0.361 e. The molecular formula is C20H20ClFN2. The number of piperidine rings is 1. The molecule has 0 amide bonds. The first kappa shape index (κ1) is 15.7. The SMILES string of the molecule is Fc1cccc(Cl)c1C1CCN(Cc2c[nH]c3ccccc23)CC1. The number of benzene rings is 2. The number of hydrogen-bond acceptors (Lipinski definition) is 1. The summed E-state index contributed by atoms with van der Waals surface area (Å²) >= 11 is 6.22. The van der Waals surface area contributed by atoms with Crippen LogP contribution in [0.15, 0.2) is 48.7 Å². The van der Waals surface area contributed by atoms with E-state index in [1.807, 2.05) is 6.07 Å². The summed E-state index contributed by atoms with van der Waals surface area (Å²) in [6.45, 7) is 2.87. The number of halogens is 2. The number of fused-ring (bicyclic) bond motifs is 1. The van der Waals surface area contributed by atoms with Crippen LogP contribution in [-0.2, 0) is 6.54 Å². The molecule has 0 aliphatic carbocycles. The van der Waals surface area contributed by atoms with Gasteiger partial charge in [-0.3, -0.25) is 4.90 Å². The van der Waals surface area contributed by atoms with Crippen molar-refractivity contribution in [2.45, 2.75) is 25.3 Å². The zero-order valence-corrected chi connectivity index (χ0v) is 14.2. The van der Waals surface area contributed by atoms with Crippen LogP contribution in [0.3, 0.4) is 0 Å². The summed E-state index contributed by atoms with van der Waals surface area (Å²) in [6.07, 6.45) is 4.00. The second kappa shape index (κ2) is 6.58. The summed E-state index contributed by atoms with van der Waals surface area (Å²) in [5, 5.41) is 1.85. The van der Waals surface area contributed by atoms with Crippen LogP contribution in [0.5, 0.6) is 0 Å². The maximum absolute atomic E-state index is 14.1. The van der Waals surface area contributed by atoms with E-state index in [-0.39, 0.29) is 11.7 Å². The minimum atomic E-state index is -0.169. The monoisotopic (exact) mass is 342 g/mol. The summed E-state index contributed by atoms with van der Waals surface area (Å²) in [5.74, 6) is 0.0514. The highest BCUT2D eigenvalue weighted by Gasteiger charge is 2.25. The smallest absolute Gasteiger partial charge is 0.128 e. The summed E-state index contributed by atoms with van der Waals surface area (Å²) in [4.78, 5) is 5.78. The molecule has 24 heavy (non-hydrogen) atoms. The van der Waals surface area contributed by atoms with Crippen molar-refractivity contribution in [2.24, 2.45) is 0 Å². The lowest BCUT2D eigenvalue weighted by atomic mass is 9.89. The van der Waals surface area contributed by atoms with Gasteiger partial charge in [-0.2, -0.15) is 0 Å². The van der Waals surface area contributed by atoms with E-state index in [0.29, 0.717) is 10.6 Å². The summed E-state index contributed by atoms with van der Waals surface area (Å²) in [6, 6.07) is 13.4. The molecule has 4 rings (SSSR count). The van der Waals surface area contributed by atoms with Crippen molar-refractivity contribution >= 4 is 22.5 Å². The molecule has 1 fully saturated rings. The van der Waals surface area contributed by atoms with E-state index in [4.69, 9.17) is 11.6 Å². The van der Waals surface area contributed by atoms with Gasteiger partial charge in [0, 0.05) is 34.2 Å². The third-order valence-electron chi connectivity index (χ3n) is 5.06. The minimum absolute atomic E-state index is 0.169. The number of aromatic amines is 1. The van der Waals surface area contributed by atoms with Gasteiger partial charge in [0.2, 0.25) is 0 Å². The normalized spacial score (nSPS) is 16.8. The molecule has 1 saturated heterocycles. The Labute approximate surface area is 146 Å². The van der Waals surface area contributed by atoms with Crippen molar-refractivity contribution < 1.29 is 4.39 Å². The Bertz CT molecular complexity index is 829. The Morgan fingerprint density at radius 3 is 2.67 bits per heavy atom. The predicted molar refractivity (Wildman–Crippen MR) is 97.0 cm³/mol. The first-order chi connectivity index (χ1) is 11.7. The van der Waals surface area contributed by atoms with Crippen LogP contribution in [0.1, 0.15) is 29.9 Å². The van der Waals surface area contributed by atoms with Crippen LogP contribution in [0.2, 0.25) is 5.02 Å². The number of H-pyrrole nitrogens is 1. The van der Waals surface area contributed by atoms with Gasteiger partial charge in [0.15, 0.2) is 0 Å². The van der Waals surface area contributed by atoms with E-state index in [0.717, 1.165) is 32.5 Å². The Morgan fingerprint density at radius 2 is 1.88 bits per heavy atom. The van der Waals surface area contributed by atoms with Crippen molar-refractivity contribution in [3.8, 4) is 0 Å². The molecule has 1 aromatic heterocycles. The number of likely N-dealkylation sites (tertiary alicyclic amines) is 1. The van der Waals surface area contributed by atoms with Crippen LogP contribution >= 0.6 is 11.6 Å². The van der Waals surface area contributed by atoms with Gasteiger partial charge < -0.3 is 4.98 Å². The number of aromatic nitrogens is 1. The van der Waals surface area contributed by atoms with Crippen LogP contribution in [0, 0.1) is 5.82 Å². The standard InChI is InChI=1S/C20H20ClFN2/c21-17-5-3-6-18(22)20(17)14-8-10-24(11-9-14)13-15-12-23-19-7-2-1-4-16(15)19/h1-7,12,14,23H,8-11,13H2. The molecule has 1 N–H and O–H groups in total. The molecule has 3 aromatic rings. The molecule has 0 unspecified atom stereocenters. The molecule has 0 bridgehead atoms. The van der Waals surface area contributed by atoms with E-state index < -0.39 is 0 Å². The average molecular weight is 343 g/mol. The number of hydrogen-bond donors (Lipinski definition) is 1. The summed E-state index contributed by atoms with van der Waals surface area (Å²) < 4.78 is 14.1. The van der Waals surface area contributed by atoms with Crippen molar-refractivity contribution in [1.29, 1.82) is 0 Å². The van der Waals surface area contributed by atoms with Gasteiger partial charge in [-0.25, -0.2) is 4.39 Å². The van der Waals surface area contributed by atoms with Crippen molar-refractivity contribution in [3.63, 3.8) is 0 Å². The molecule has 2 heterocycles. The Hall–Kier alpha value is -1.84. The van der Waals surface area contributed by atoms with Crippen LogP contribution in [0.4, 0.5) is 4.39 Å². The first-order valence-corrected chi connectivity index (χ1v) is 8.81. The quantitative estimate of drug-likeness (QED) is 0.680. The molecular weight excluding hydrogens is 323 g/mol. The van der Waals surface area contributed by atoms with E-state index >= 15 is 0 Å². The van der Waals surface area contributed by atoms with Crippen LogP contribution in [0.25, 0.3) is 10.9 Å². The van der Waals surface area contributed by atoms with Gasteiger partial charge in [0.05, 0.1) is 0 Å². The average Bonchev–Trinajstić information content (AvgIpc) is 2.99. The van der Waals surface area contributed by atoms with Gasteiger partial charge in [-0.1, -0.05) is 35.9 Å². The fraction of sp³-hybridized carbons (Fsp3) is 0.300. The third kappa shape index (κ3) is 2.94. The Morgan fingerprint density at radius 1 is 1.08 bits per heavy atom. The first-order valence-electron chi connectivity index (χ1n) is 8.43.